The van der Waals surface area contributed by atoms with Gasteiger partial charge in [-0.3, -0.25) is 14.9 Å². The van der Waals surface area contributed by atoms with Crippen LogP contribution in [0.3, 0.4) is 0 Å². The molecule has 1 spiro atoms. The minimum absolute atomic E-state index is 0.0162. The Kier molecular flexibility index (Phi) is 10.8. The van der Waals surface area contributed by atoms with Crippen LogP contribution in [0.2, 0.25) is 5.02 Å². The van der Waals surface area contributed by atoms with E-state index < -0.39 is 69.6 Å². The third kappa shape index (κ3) is 7.74. The number of rotatable bonds is 5. The predicted molar refractivity (Wildman–Crippen MR) is 189 cm³/mol. The smallest absolute Gasteiger partial charge is 0.437 e. The highest BCUT2D eigenvalue weighted by atomic mass is 35.5. The lowest BCUT2D eigenvalue weighted by Gasteiger charge is -2.39. The van der Waals surface area contributed by atoms with E-state index in [-0.39, 0.29) is 54.7 Å². The summed E-state index contributed by atoms with van der Waals surface area (Å²) in [5.74, 6) is -2.50. The maximum Gasteiger partial charge on any atom is 0.437 e. The van der Waals surface area contributed by atoms with Gasteiger partial charge in [0.15, 0.2) is 11.4 Å². The molecule has 0 radical (unpaired) electrons. The van der Waals surface area contributed by atoms with Crippen LogP contribution in [-0.4, -0.2) is 76.4 Å². The van der Waals surface area contributed by atoms with Crippen LogP contribution in [0.1, 0.15) is 95.7 Å². The summed E-state index contributed by atoms with van der Waals surface area (Å²) < 4.78 is 61.7. The number of pyridine rings is 1. The molecule has 15 heteroatoms. The number of hydrogen-bond acceptors (Lipinski definition) is 8. The van der Waals surface area contributed by atoms with Gasteiger partial charge in [0.05, 0.1) is 47.4 Å². The van der Waals surface area contributed by atoms with Gasteiger partial charge in [-0.15, -0.1) is 11.6 Å². The molecule has 2 N–H and O–H groups in total. The average molecular weight is 770 g/mol. The molecule has 2 amide bonds. The van der Waals surface area contributed by atoms with E-state index in [0.717, 1.165) is 19.3 Å². The van der Waals surface area contributed by atoms with Crippen LogP contribution in [0.25, 0.3) is 10.9 Å². The van der Waals surface area contributed by atoms with Crippen molar-refractivity contribution in [1.82, 2.24) is 20.5 Å². The lowest BCUT2D eigenvalue weighted by molar-refractivity contribution is -0.150. The molecule has 6 rings (SSSR count). The SMILES string of the molecule is CCOC(=O)[C@@]12C[C@H]1/C=C\CCCCC[C@H](NCOC(C)(C)C)C(=O)N1C[C@@]3(CC(Cl)c4c(c(C(F)(F)F)nc5c(Cl)cccc45)O3)C[C@H]1C(=O)N2. The van der Waals surface area contributed by atoms with E-state index in [2.05, 4.69) is 15.6 Å². The molecule has 4 heterocycles. The maximum atomic E-state index is 14.7. The standard InChI is InChI=1S/C37H45Cl2F3N4O6/c1-5-50-33(49)36-16-21(36)12-9-7-6-8-10-15-25(43-20-51-34(2,3)4)32(48)46-19-35(18-26(46)31(47)45-36)17-24(39)27-22-13-11-14-23(38)28(22)44-30(29(27)52-35)37(40,41)42/h9,11-14,21,24-26,43H,5-8,10,15-20H2,1-4H3,(H,45,47)/b12-9-/t21-,24?,25+,26+,35-,36-/m1/s1. The van der Waals surface area contributed by atoms with Gasteiger partial charge in [-0.25, -0.2) is 9.78 Å². The van der Waals surface area contributed by atoms with Crippen molar-refractivity contribution in [2.45, 2.75) is 119 Å². The highest BCUT2D eigenvalue weighted by molar-refractivity contribution is 6.35. The number of nitrogens with one attached hydrogen (secondary N) is 2. The average Bonchev–Trinajstić information content (AvgIpc) is 3.63. The summed E-state index contributed by atoms with van der Waals surface area (Å²) in [6.45, 7) is 7.26. The molecule has 2 fully saturated rings. The minimum atomic E-state index is -4.94. The molecule has 0 bridgehead atoms. The van der Waals surface area contributed by atoms with E-state index in [4.69, 9.17) is 37.4 Å². The summed E-state index contributed by atoms with van der Waals surface area (Å²) in [7, 11) is 0. The summed E-state index contributed by atoms with van der Waals surface area (Å²) in [4.78, 5) is 47.6. The van der Waals surface area contributed by atoms with Gasteiger partial charge < -0.3 is 24.4 Å². The fourth-order valence-electron chi connectivity index (χ4n) is 7.62. The number of halogens is 5. The van der Waals surface area contributed by atoms with Crippen LogP contribution in [0.5, 0.6) is 5.75 Å². The summed E-state index contributed by atoms with van der Waals surface area (Å²) in [5, 5.41) is 5.45. The van der Waals surface area contributed by atoms with Gasteiger partial charge in [0.1, 0.15) is 17.2 Å². The second kappa shape index (κ2) is 14.6. The molecule has 1 unspecified atom stereocenters. The molecule has 1 saturated heterocycles. The molecular weight excluding hydrogens is 724 g/mol. The Morgan fingerprint density at radius 1 is 1.15 bits per heavy atom. The first kappa shape index (κ1) is 38.6. The molecule has 1 saturated carbocycles. The number of esters is 1. The molecule has 52 heavy (non-hydrogen) atoms. The number of hydrogen-bond donors (Lipinski definition) is 2. The normalized spacial score (nSPS) is 30.4. The van der Waals surface area contributed by atoms with E-state index in [0.29, 0.717) is 24.6 Å². The first-order chi connectivity index (χ1) is 24.5. The number of carbonyl (C=O) groups excluding carboxylic acids is 3. The zero-order valence-electron chi connectivity index (χ0n) is 29.7. The van der Waals surface area contributed by atoms with E-state index in [1.54, 1.807) is 19.1 Å². The number of amides is 2. The van der Waals surface area contributed by atoms with Crippen LogP contribution in [0.4, 0.5) is 13.2 Å². The molecule has 10 nitrogen and oxygen atoms in total. The van der Waals surface area contributed by atoms with Gasteiger partial charge in [-0.1, -0.05) is 48.7 Å². The Morgan fingerprint density at radius 2 is 1.92 bits per heavy atom. The Bertz CT molecular complexity index is 1750. The van der Waals surface area contributed by atoms with Gasteiger partial charge in [0.2, 0.25) is 11.8 Å². The van der Waals surface area contributed by atoms with E-state index >= 15 is 0 Å². The van der Waals surface area contributed by atoms with Crippen molar-refractivity contribution in [3.05, 3.63) is 46.6 Å². The number of ether oxygens (including phenoxy) is 3. The summed E-state index contributed by atoms with van der Waals surface area (Å²) in [6.07, 6.45) is 2.69. The highest BCUT2D eigenvalue weighted by Crippen LogP contribution is 2.54. The van der Waals surface area contributed by atoms with Crippen molar-refractivity contribution < 1.29 is 41.8 Å². The number of alkyl halides is 4. The third-order valence-electron chi connectivity index (χ3n) is 10.3. The third-order valence-corrected chi connectivity index (χ3v) is 10.9. The van der Waals surface area contributed by atoms with E-state index in [9.17, 15) is 27.6 Å². The topological polar surface area (TPSA) is 119 Å². The van der Waals surface area contributed by atoms with E-state index in [1.165, 1.54) is 11.0 Å². The quantitative estimate of drug-likeness (QED) is 0.145. The van der Waals surface area contributed by atoms with Crippen molar-refractivity contribution >= 4 is 51.9 Å². The second-order valence-electron chi connectivity index (χ2n) is 15.2. The number of fused-ring (bicyclic) bond motifs is 5. The van der Waals surface area contributed by atoms with Crippen molar-refractivity contribution in [1.29, 1.82) is 0 Å². The molecule has 6 atom stereocenters. The fourth-order valence-corrected chi connectivity index (χ4v) is 8.33. The molecule has 1 aliphatic carbocycles. The summed E-state index contributed by atoms with van der Waals surface area (Å²) >= 11 is 13.3. The van der Waals surface area contributed by atoms with Gasteiger partial charge >= 0.3 is 12.1 Å². The van der Waals surface area contributed by atoms with Crippen LogP contribution in [0.15, 0.2) is 30.4 Å². The van der Waals surface area contributed by atoms with Gasteiger partial charge in [0.25, 0.3) is 0 Å². The van der Waals surface area contributed by atoms with Crippen molar-refractivity contribution in [3.63, 3.8) is 0 Å². The number of carbonyl (C=O) groups is 3. The summed E-state index contributed by atoms with van der Waals surface area (Å²) in [5.41, 5.74) is -4.57. The van der Waals surface area contributed by atoms with Gasteiger partial charge in [0, 0.05) is 29.7 Å². The molecule has 3 aliphatic heterocycles. The van der Waals surface area contributed by atoms with E-state index in [1.807, 2.05) is 32.9 Å². The summed E-state index contributed by atoms with van der Waals surface area (Å²) in [6, 6.07) is 2.65. The van der Waals surface area contributed by atoms with Crippen LogP contribution in [0, 0.1) is 5.92 Å². The van der Waals surface area contributed by atoms with Crippen molar-refractivity contribution in [2.75, 3.05) is 19.9 Å². The number of aromatic nitrogens is 1. The van der Waals surface area contributed by atoms with Crippen LogP contribution in [-0.2, 0) is 30.0 Å². The lowest BCUT2D eigenvalue weighted by atomic mass is 9.86. The maximum absolute atomic E-state index is 14.7. The first-order valence-corrected chi connectivity index (χ1v) is 18.7. The zero-order chi connectivity index (χ0) is 37.6. The van der Waals surface area contributed by atoms with Gasteiger partial charge in [-0.05, 0) is 59.4 Å². The van der Waals surface area contributed by atoms with Crippen molar-refractivity contribution in [3.8, 4) is 5.75 Å². The van der Waals surface area contributed by atoms with Crippen LogP contribution >= 0.6 is 23.2 Å². The Morgan fingerprint density at radius 3 is 2.63 bits per heavy atom. The minimum Gasteiger partial charge on any atom is -0.483 e. The molecule has 4 aliphatic rings. The fraction of sp³-hybridized carbons (Fsp3) is 0.622. The monoisotopic (exact) mass is 768 g/mol. The first-order valence-electron chi connectivity index (χ1n) is 17.8. The Balaban J connectivity index is 1.41. The zero-order valence-corrected chi connectivity index (χ0v) is 31.2. The number of benzene rings is 1. The second-order valence-corrected chi connectivity index (χ2v) is 16.1. The lowest BCUT2D eigenvalue weighted by Crippen LogP contribution is -2.56. The number of para-hydroxylation sites is 1. The largest absolute Gasteiger partial charge is 0.483 e. The molecule has 1 aromatic carbocycles. The Labute approximate surface area is 311 Å². The molecular formula is C37H45Cl2F3N4O6. The Hall–Kier alpha value is -3.13. The van der Waals surface area contributed by atoms with Crippen molar-refractivity contribution in [2.24, 2.45) is 5.92 Å². The van der Waals surface area contributed by atoms with Crippen LogP contribution < -0.4 is 15.4 Å². The molecule has 284 valence electrons. The predicted octanol–water partition coefficient (Wildman–Crippen LogP) is 7.00. The highest BCUT2D eigenvalue weighted by Gasteiger charge is 2.63. The number of nitrogens with zero attached hydrogens (tertiary/aromatic N) is 2. The van der Waals surface area contributed by atoms with Gasteiger partial charge in [-0.2, -0.15) is 13.2 Å². The number of allylic oxidation sites excluding steroid dienone is 1. The molecule has 2 aromatic rings. The molecule has 1 aromatic heterocycles.